The highest BCUT2D eigenvalue weighted by molar-refractivity contribution is 7.76. The maximum atomic E-state index is 14.3. The first-order valence-electron chi connectivity index (χ1n) is 22.8. The van der Waals surface area contributed by atoms with Crippen LogP contribution >= 0.6 is 38.4 Å². The highest BCUT2D eigenvalue weighted by Gasteiger charge is 2.55. The van der Waals surface area contributed by atoms with Gasteiger partial charge in [-0.2, -0.15) is 4.98 Å². The lowest BCUT2D eigenvalue weighted by Gasteiger charge is -2.35. The Labute approximate surface area is 445 Å². The van der Waals surface area contributed by atoms with Crippen LogP contribution in [0.3, 0.4) is 0 Å². The van der Waals surface area contributed by atoms with Gasteiger partial charge in [0.1, 0.15) is 50.0 Å². The summed E-state index contributed by atoms with van der Waals surface area (Å²) in [4.78, 5) is 110. The third-order valence-corrected chi connectivity index (χ3v) is 22.0. The van der Waals surface area contributed by atoms with E-state index in [1.165, 1.54) is 29.6 Å². The molecule has 5 unspecified atom stereocenters. The van der Waals surface area contributed by atoms with E-state index in [0.29, 0.717) is 0 Å². The minimum absolute atomic E-state index is 0.00665. The second-order valence-electron chi connectivity index (χ2n) is 18.0. The zero-order chi connectivity index (χ0) is 58.2. The second kappa shape index (κ2) is 22.3. The molecule has 0 bridgehead atoms. The summed E-state index contributed by atoms with van der Waals surface area (Å²) in [5, 5.41) is 33.2. The van der Waals surface area contributed by atoms with Crippen LogP contribution in [0, 0.1) is 5.92 Å². The second-order valence-corrected chi connectivity index (χ2v) is 27.3. The number of H-pyrrole nitrogens is 2. The summed E-state index contributed by atoms with van der Waals surface area (Å²) in [7, 11) is -25.5. The van der Waals surface area contributed by atoms with Gasteiger partial charge in [-0.1, -0.05) is 4.98 Å². The average Bonchev–Trinajstić information content (AvgIpc) is 4.21. The molecule has 0 aromatic carbocycles. The van der Waals surface area contributed by atoms with Crippen LogP contribution in [0.2, 0.25) is 0 Å². The molecule has 440 valence electrons. The summed E-state index contributed by atoms with van der Waals surface area (Å²) in [5.74, 6) is -3.97. The summed E-state index contributed by atoms with van der Waals surface area (Å²) in [6, 6.07) is 0. The fraction of sp³-hybridized carbons (Fsp3) is 0.571. The molecule has 45 heteroatoms. The number of aliphatic hydroxyl groups is 3. The van der Waals surface area contributed by atoms with E-state index < -0.39 is 148 Å². The predicted octanol–water partition coefficient (Wildman–Crippen LogP) is -4.14. The number of phosphoric acid groups is 2. The standard InChI is InChI=1S/C35H50N15O25P5/c1-47-11-50(28-19(47)30(55)46-35(38)44-28)31-20(51)13(4-66-2)14(71-31)5-69-79(62,63)74-76(56,57)12-77(58,59)75-80(64,65)70-7-16-24(23(67-3)33(73-16)48-9-41-17-25(36)39-8-40-26(17)48)78(60,61)68-6-15-21(52)22(53)32(72-15)49-10-42-18-27(49)43-34(37)45-29(18)54/h8-11,13-16,20-24,31-33,51-53H,4-7,12H2,1-3H3,(H12-,36,37,38,39,40,43,44,45,46,54,55,56,57,58,59,60,61,62,63,64,65)/t13-,14-,15-,16-,20-,21-,22-,23-,24-,31-,32-,33-/m1/s1. The minimum atomic E-state index is -6.02. The van der Waals surface area contributed by atoms with Crippen LogP contribution in [-0.2, 0) is 75.7 Å². The van der Waals surface area contributed by atoms with Gasteiger partial charge in [0.2, 0.25) is 17.7 Å². The van der Waals surface area contributed by atoms with Gasteiger partial charge in [0.25, 0.3) is 17.1 Å². The smallest absolute Gasteiger partial charge is 0.479 e. The summed E-state index contributed by atoms with van der Waals surface area (Å²) in [6.07, 6.45) is -11.8. The number of nitrogens with zero attached hydrogens (tertiary/aromatic N) is 10. The largest absolute Gasteiger partial charge is 0.778 e. The Morgan fingerprint density at radius 2 is 1.30 bits per heavy atom. The number of aromatic amines is 2. The van der Waals surface area contributed by atoms with Crippen molar-refractivity contribution in [3.05, 3.63) is 46.0 Å². The molecule has 0 aliphatic carbocycles. The van der Waals surface area contributed by atoms with E-state index in [1.54, 1.807) is 0 Å². The maximum Gasteiger partial charge on any atom is 0.479 e. The van der Waals surface area contributed by atoms with Gasteiger partial charge in [0, 0.05) is 20.1 Å². The number of phosphoric ester groups is 2. The van der Waals surface area contributed by atoms with Crippen molar-refractivity contribution in [1.82, 2.24) is 53.6 Å². The number of aromatic nitrogens is 12. The number of rotatable bonds is 22. The number of hydrogen-bond acceptors (Lipinski definition) is 30. The van der Waals surface area contributed by atoms with E-state index in [-0.39, 0.29) is 57.8 Å². The Kier molecular flexibility index (Phi) is 16.7. The minimum Gasteiger partial charge on any atom is -0.778 e. The van der Waals surface area contributed by atoms with Gasteiger partial charge in [-0.05, 0) is 0 Å². The summed E-state index contributed by atoms with van der Waals surface area (Å²) in [6.45, 7) is -3.66. The zero-order valence-corrected chi connectivity index (χ0v) is 45.7. The summed E-state index contributed by atoms with van der Waals surface area (Å²) in [5.41, 5.74) is 13.4. The van der Waals surface area contributed by atoms with Crippen LogP contribution in [0.1, 0.15) is 18.7 Å². The van der Waals surface area contributed by atoms with Crippen LogP contribution in [-0.4, -0.2) is 183 Å². The van der Waals surface area contributed by atoms with Gasteiger partial charge in [-0.3, -0.25) is 51.4 Å². The molecule has 17 atom stereocenters. The number of aliphatic hydroxyl groups excluding tert-OH is 3. The van der Waals surface area contributed by atoms with Crippen molar-refractivity contribution in [2.24, 2.45) is 13.0 Å². The van der Waals surface area contributed by atoms with Crippen LogP contribution in [0.5, 0.6) is 0 Å². The third kappa shape index (κ3) is 12.0. The number of ether oxygens (including phenoxy) is 5. The van der Waals surface area contributed by atoms with Crippen LogP contribution < -0.4 is 37.8 Å². The molecular weight excluding hydrogens is 1190 g/mol. The SMILES string of the molecule is COC[C@H]1[C@@H](O)[C@H]([n+]2cn(C)c3c(=O)[nH]c(N)nc32)O[C@@H]1COP(=O)(O)OP(=O)(O)CP(=O)(O)OP(=O)(O)OC[C@H]1O[C@@H](n2cnc3c(N)ncnc32)[C@H](OC)[C@@H]1P(=O)([O-])OC[C@H]1O[C@@H](n2cnc3c(=O)[nH]c(N)nc32)[C@H](O)[C@@H]1O. The van der Waals surface area contributed by atoms with E-state index in [4.69, 9.17) is 54.5 Å². The molecule has 3 saturated heterocycles. The van der Waals surface area contributed by atoms with Gasteiger partial charge in [-0.15, -0.1) is 0 Å². The molecule has 15 N–H and O–H groups in total. The Morgan fingerprint density at radius 3 is 1.95 bits per heavy atom. The van der Waals surface area contributed by atoms with Crippen molar-refractivity contribution in [2.45, 2.75) is 67.1 Å². The van der Waals surface area contributed by atoms with Crippen molar-refractivity contribution >= 4 is 89.6 Å². The Bertz CT molecular complexity index is 3690. The van der Waals surface area contributed by atoms with Crippen LogP contribution in [0.25, 0.3) is 33.5 Å². The Hall–Kier alpha value is -4.92. The predicted molar refractivity (Wildman–Crippen MR) is 260 cm³/mol. The number of aryl methyl sites for hydroxylation is 1. The molecule has 40 nitrogen and oxygen atoms in total. The molecular formula is C35H50N15O25P5. The first-order chi connectivity index (χ1) is 37.4. The van der Waals surface area contributed by atoms with E-state index in [1.807, 2.05) is 0 Å². The number of anilines is 3. The summed E-state index contributed by atoms with van der Waals surface area (Å²) >= 11 is 0. The number of fused-ring (bicyclic) bond motifs is 3. The molecule has 0 spiro atoms. The fourth-order valence-corrected chi connectivity index (χ4v) is 17.8. The molecule has 3 aliphatic heterocycles. The quantitative estimate of drug-likeness (QED) is 0.0227. The zero-order valence-electron chi connectivity index (χ0n) is 41.2. The molecule has 3 fully saturated rings. The molecule has 9 rings (SSSR count). The summed E-state index contributed by atoms with van der Waals surface area (Å²) < 4.78 is 124. The highest BCUT2D eigenvalue weighted by Crippen LogP contribution is 2.70. The Morgan fingerprint density at radius 1 is 0.713 bits per heavy atom. The van der Waals surface area contributed by atoms with Crippen molar-refractivity contribution in [3.63, 3.8) is 0 Å². The molecule has 6 aromatic heterocycles. The van der Waals surface area contributed by atoms with Gasteiger partial charge < -0.3 is 89.8 Å². The van der Waals surface area contributed by atoms with Crippen molar-refractivity contribution < 1.29 is 113 Å². The van der Waals surface area contributed by atoms with Crippen LogP contribution in [0.15, 0.2) is 34.9 Å². The molecule has 0 radical (unpaired) electrons. The van der Waals surface area contributed by atoms with Crippen molar-refractivity contribution in [2.75, 3.05) is 63.8 Å². The van der Waals surface area contributed by atoms with Crippen LogP contribution in [0.4, 0.5) is 17.7 Å². The average molecular weight is 1240 g/mol. The third-order valence-electron chi connectivity index (χ3n) is 12.7. The highest BCUT2D eigenvalue weighted by atomic mass is 31.3. The maximum absolute atomic E-state index is 14.3. The van der Waals surface area contributed by atoms with E-state index >= 15 is 0 Å². The molecule has 9 heterocycles. The number of nitrogen functional groups attached to an aromatic ring is 3. The molecule has 6 aromatic rings. The van der Waals surface area contributed by atoms with E-state index in [9.17, 15) is 72.2 Å². The fourth-order valence-electron chi connectivity index (χ4n) is 9.28. The van der Waals surface area contributed by atoms with Gasteiger partial charge in [0.15, 0.2) is 47.3 Å². The van der Waals surface area contributed by atoms with E-state index in [2.05, 4.69) is 48.5 Å². The van der Waals surface area contributed by atoms with Crippen molar-refractivity contribution in [1.29, 1.82) is 0 Å². The Balaban J connectivity index is 0.868. The molecule has 0 amide bonds. The lowest BCUT2D eigenvalue weighted by Crippen LogP contribution is -2.45. The van der Waals surface area contributed by atoms with Crippen molar-refractivity contribution in [3.8, 4) is 0 Å². The number of nitrogens with two attached hydrogens (primary N) is 3. The number of methoxy groups -OCH3 is 2. The molecule has 80 heavy (non-hydrogen) atoms. The number of imidazole rings is 3. The topological polar surface area (TPSA) is 582 Å². The molecule has 0 saturated carbocycles. The first-order valence-corrected chi connectivity index (χ1v) is 31.0. The normalized spacial score (nSPS) is 30.1. The lowest BCUT2D eigenvalue weighted by atomic mass is 9.99. The lowest BCUT2D eigenvalue weighted by molar-refractivity contribution is -0.745. The number of nitrogens with one attached hydrogen (secondary N) is 2. The van der Waals surface area contributed by atoms with E-state index in [0.717, 1.165) is 35.2 Å². The van der Waals surface area contributed by atoms with Gasteiger partial charge >= 0.3 is 36.5 Å². The first kappa shape index (κ1) is 59.7. The number of hydrogen-bond donors (Lipinski definition) is 12. The monoisotopic (exact) mass is 1240 g/mol. The molecule has 3 aliphatic rings. The van der Waals surface area contributed by atoms with Gasteiger partial charge in [-0.25, -0.2) is 42.3 Å². The van der Waals surface area contributed by atoms with Gasteiger partial charge in [0.05, 0.1) is 64.0 Å².